The van der Waals surface area contributed by atoms with E-state index in [0.29, 0.717) is 122 Å². The number of aliphatic hydroxyl groups excluding tert-OH is 1. The zero-order valence-corrected chi connectivity index (χ0v) is 60.7. The highest BCUT2D eigenvalue weighted by Gasteiger charge is 2.40. The lowest BCUT2D eigenvalue weighted by atomic mass is 9.71. The number of carbonyl (C=O) groups is 5. The van der Waals surface area contributed by atoms with Crippen LogP contribution in [0.3, 0.4) is 0 Å². The highest BCUT2D eigenvalue weighted by Crippen LogP contribution is 2.43. The first-order valence-electron chi connectivity index (χ1n) is 33.1. The molecule has 93 heavy (non-hydrogen) atoms. The maximum Gasteiger partial charge on any atom is 0.345 e. The van der Waals surface area contributed by atoms with Gasteiger partial charge in [-0.3, -0.25) is 19.2 Å². The Balaban J connectivity index is 0.000000154. The van der Waals surface area contributed by atoms with Crippen LogP contribution < -0.4 is 0 Å². The van der Waals surface area contributed by atoms with E-state index in [1.165, 1.54) is 30.6 Å². The van der Waals surface area contributed by atoms with Crippen LogP contribution in [0.2, 0.25) is 51.4 Å². The molecule has 0 aromatic carbocycles. The minimum Gasteiger partial charge on any atom is -0.477 e. The van der Waals surface area contributed by atoms with Crippen molar-refractivity contribution >= 4 is 117 Å². The number of ether oxygens (including phenoxy) is 2. The molecule has 0 atom stereocenters. The van der Waals surface area contributed by atoms with Crippen LogP contribution in [0.15, 0.2) is 66.0 Å². The Hall–Kier alpha value is -6.00. The number of amides is 1. The van der Waals surface area contributed by atoms with Crippen LogP contribution in [0.4, 0.5) is 0 Å². The lowest BCUT2D eigenvalue weighted by Crippen LogP contribution is -2.39. The van der Waals surface area contributed by atoms with Crippen molar-refractivity contribution in [3.63, 3.8) is 0 Å². The van der Waals surface area contributed by atoms with Crippen LogP contribution >= 0.6 is 38.6 Å². The number of Topliss-reactive ketones (excluding diaryl/α,β-unsaturated/α-hetero) is 3. The molecule has 8 aromatic heterocycles. The van der Waals surface area contributed by atoms with Crippen molar-refractivity contribution in [2.75, 3.05) is 26.3 Å². The fourth-order valence-corrected chi connectivity index (χ4v) is 16.6. The lowest BCUT2D eigenvalue weighted by Gasteiger charge is -2.31. The zero-order chi connectivity index (χ0) is 66.5. The van der Waals surface area contributed by atoms with Crippen LogP contribution in [0.25, 0.3) is 54.6 Å². The summed E-state index contributed by atoms with van der Waals surface area (Å²) in [5.41, 5.74) is 5.87. The molecule has 4 fully saturated rings. The number of nitrogens with one attached hydrogen (secondary N) is 1. The van der Waals surface area contributed by atoms with Gasteiger partial charge < -0.3 is 38.7 Å². The van der Waals surface area contributed by atoms with E-state index in [2.05, 4.69) is 101 Å². The van der Waals surface area contributed by atoms with Crippen molar-refractivity contribution in [1.29, 1.82) is 0 Å². The van der Waals surface area contributed by atoms with Gasteiger partial charge in [-0.05, 0) is 104 Å². The number of hydrogen-bond donors (Lipinski definition) is 3. The number of aromatic amines is 1. The molecule has 12 rings (SSSR count). The van der Waals surface area contributed by atoms with E-state index in [9.17, 15) is 34.2 Å². The number of piperidine rings is 1. The summed E-state index contributed by atoms with van der Waals surface area (Å²) in [5.74, 6) is -0.524. The molecule has 1 aliphatic heterocycles. The highest BCUT2D eigenvalue weighted by molar-refractivity contribution is 9.10. The maximum absolute atomic E-state index is 13.8. The minimum absolute atomic E-state index is 0.00933. The van der Waals surface area contributed by atoms with Gasteiger partial charge in [0, 0.05) is 77.3 Å². The van der Waals surface area contributed by atoms with Gasteiger partial charge >= 0.3 is 5.97 Å². The Morgan fingerprint density at radius 3 is 1.49 bits per heavy atom. The smallest absolute Gasteiger partial charge is 0.345 e. The van der Waals surface area contributed by atoms with Gasteiger partial charge in [-0.25, -0.2) is 34.7 Å². The van der Waals surface area contributed by atoms with Crippen molar-refractivity contribution in [2.45, 2.75) is 201 Å². The molecule has 3 aliphatic carbocycles. The average Bonchev–Trinajstić information content (AvgIpc) is 1.66. The number of nitrogens with zero attached hydrogens (tertiary/aromatic N) is 9. The number of thiophene rings is 2. The molecule has 0 unspecified atom stereocenters. The van der Waals surface area contributed by atoms with E-state index in [-0.39, 0.29) is 45.1 Å². The van der Waals surface area contributed by atoms with E-state index in [4.69, 9.17) is 19.4 Å². The largest absolute Gasteiger partial charge is 0.477 e. The molecule has 3 saturated carbocycles. The third kappa shape index (κ3) is 16.8. The molecule has 1 amide bonds. The Labute approximate surface area is 563 Å². The summed E-state index contributed by atoms with van der Waals surface area (Å²) in [4.78, 5) is 99.9. The number of carboxylic acid groups (broad SMARTS) is 1. The van der Waals surface area contributed by atoms with E-state index < -0.39 is 27.5 Å². The topological polar surface area (TPSA) is 250 Å². The van der Waals surface area contributed by atoms with E-state index >= 15 is 0 Å². The summed E-state index contributed by atoms with van der Waals surface area (Å²) in [6.07, 6.45) is 27.0. The molecule has 24 heteroatoms. The Morgan fingerprint density at radius 2 is 1.02 bits per heavy atom. The predicted octanol–water partition coefficient (Wildman–Crippen LogP) is 16.4. The number of rotatable bonds is 20. The van der Waals surface area contributed by atoms with Crippen LogP contribution in [-0.4, -0.2) is 137 Å². The SMILES string of the molecule is CC1(C(=O)c2c[nH]c3ncc(-c4ccc(C(=O)N5CCC(O)CC5)s4)nc23)CCCCC1.CC1(C(=O)c2cn(COCC[Si](C)(C)C)c3ncc(-c4ccc(C(=O)O)s4)nc23)CCCCC1.CC1(C(=O)c2cn(COCC[Si](C)(C)C)c3ncc(Br)nc23)CCCCC1. The van der Waals surface area contributed by atoms with Crippen LogP contribution in [0.5, 0.6) is 0 Å². The summed E-state index contributed by atoms with van der Waals surface area (Å²) in [6.45, 7) is 23.5. The molecule has 3 N–H and O–H groups in total. The number of ketones is 3. The second-order valence-electron chi connectivity index (χ2n) is 29.2. The fraction of sp³-hybridized carbons (Fsp3) is 0.551. The van der Waals surface area contributed by atoms with E-state index in [1.807, 2.05) is 33.7 Å². The van der Waals surface area contributed by atoms with Crippen LogP contribution in [-0.2, 0) is 22.9 Å². The number of halogens is 1. The van der Waals surface area contributed by atoms with Crippen molar-refractivity contribution in [2.24, 2.45) is 16.2 Å². The van der Waals surface area contributed by atoms with Gasteiger partial charge in [0.1, 0.15) is 39.5 Å². The van der Waals surface area contributed by atoms with Gasteiger partial charge in [0.25, 0.3) is 5.91 Å². The number of aromatic nitrogens is 9. The van der Waals surface area contributed by atoms with Crippen LogP contribution in [0.1, 0.15) is 180 Å². The molecule has 8 aromatic rings. The summed E-state index contributed by atoms with van der Waals surface area (Å²) >= 11 is 5.94. The molecular weight excluding hydrogens is 1310 g/mol. The number of carboxylic acids is 1. The maximum atomic E-state index is 13.8. The van der Waals surface area contributed by atoms with Crippen molar-refractivity contribution in [3.05, 3.63) is 92.5 Å². The van der Waals surface area contributed by atoms with E-state index in [0.717, 1.165) is 112 Å². The summed E-state index contributed by atoms with van der Waals surface area (Å²) < 4.78 is 16.3. The van der Waals surface area contributed by atoms with Gasteiger partial charge in [-0.15, -0.1) is 22.7 Å². The van der Waals surface area contributed by atoms with Gasteiger partial charge in [0.05, 0.1) is 67.4 Å². The second kappa shape index (κ2) is 29.6. The highest BCUT2D eigenvalue weighted by atomic mass is 79.9. The Bertz CT molecular complexity index is 3980. The van der Waals surface area contributed by atoms with E-state index in [1.54, 1.807) is 41.8 Å². The molecule has 498 valence electrons. The molecule has 0 spiro atoms. The summed E-state index contributed by atoms with van der Waals surface area (Å²) in [5, 5.41) is 19.0. The average molecular weight is 1400 g/mol. The zero-order valence-electron chi connectivity index (χ0n) is 55.5. The quantitative estimate of drug-likeness (QED) is 0.0364. The first-order chi connectivity index (χ1) is 44.2. The molecule has 4 aliphatic rings. The first-order valence-corrected chi connectivity index (χ1v) is 43.0. The summed E-state index contributed by atoms with van der Waals surface area (Å²) in [7, 11) is -2.33. The third-order valence-electron chi connectivity index (χ3n) is 19.1. The van der Waals surface area contributed by atoms with Gasteiger partial charge in [-0.1, -0.05) is 118 Å². The fourth-order valence-electron chi connectivity index (χ4n) is 13.1. The van der Waals surface area contributed by atoms with Gasteiger partial charge in [-0.2, -0.15) is 0 Å². The van der Waals surface area contributed by atoms with Crippen molar-refractivity contribution in [1.82, 2.24) is 48.9 Å². The van der Waals surface area contributed by atoms with Crippen LogP contribution in [0, 0.1) is 16.2 Å². The monoisotopic (exact) mass is 1400 g/mol. The van der Waals surface area contributed by atoms with Gasteiger partial charge in [0.2, 0.25) is 0 Å². The predicted molar refractivity (Wildman–Crippen MR) is 376 cm³/mol. The first kappa shape index (κ1) is 69.8. The molecule has 1 saturated heterocycles. The molecule has 0 radical (unpaired) electrons. The molecule has 9 heterocycles. The number of fused-ring (bicyclic) bond motifs is 3. The Morgan fingerprint density at radius 1 is 0.591 bits per heavy atom. The number of hydrogen-bond acceptors (Lipinski definition) is 16. The molecular formula is C69H91BrN10O9S2Si2. The normalized spacial score (nSPS) is 17.6. The molecule has 19 nitrogen and oxygen atoms in total. The third-order valence-corrected chi connectivity index (χ3v) is 25.1. The standard InChI is InChI=1S/C25H33N3O4SSi.C24H28N4O3S.C20H30BrN3O2Si/c1-25(10-6-5-7-11-25)22(29)17-15-28(16-32-12-13-34(2,3)4)23-21(17)27-18(14-26-23)19-8-9-20(33-19)24(30)31;1-24(9-3-2-4-10-24)21(30)16-13-25-22-20(16)27-17(14-26-22)18-5-6-19(32-18)23(31)28-11-7-15(29)8-12-28;1-20(8-6-5-7-9-20)18(25)15-13-24(14-26-10-11-27(2,3)4)19-17(15)23-16(21)12-22-19/h8-9,14-15H,5-7,10-13,16H2,1-4H3,(H,30,31);5-6,13-15,29H,2-4,7-12H2,1H3,(H,25,26);12-13H,5-11,14H2,1-4H3. The number of H-pyrrole nitrogens is 1. The number of aromatic carboxylic acids is 1. The molecule has 0 bridgehead atoms. The number of aliphatic hydroxyl groups is 1. The number of likely N-dealkylation sites (tertiary alicyclic amines) is 1. The lowest BCUT2D eigenvalue weighted by molar-refractivity contribution is 0.0549. The Kier molecular flexibility index (Phi) is 22.2. The number of carbonyl (C=O) groups excluding carboxylic acids is 4. The van der Waals surface area contributed by atoms with Crippen molar-refractivity contribution < 1.29 is 43.7 Å². The van der Waals surface area contributed by atoms with Gasteiger partial charge in [0.15, 0.2) is 34.3 Å². The second-order valence-corrected chi connectivity index (χ2v) is 43.4. The van der Waals surface area contributed by atoms with Crippen molar-refractivity contribution in [3.8, 4) is 21.1 Å². The minimum atomic E-state index is -1.20. The summed E-state index contributed by atoms with van der Waals surface area (Å²) in [6, 6.07) is 9.21.